The molecule has 0 atom stereocenters. The Labute approximate surface area is 182 Å². The second-order valence-corrected chi connectivity index (χ2v) is 7.21. The largest absolute Gasteiger partial charge is 0.493 e. The number of hydrogen-bond donors (Lipinski definition) is 1. The van der Waals surface area contributed by atoms with E-state index in [2.05, 4.69) is 37.0 Å². The maximum atomic E-state index is 10.8. The highest BCUT2D eigenvalue weighted by Crippen LogP contribution is 2.34. The molecule has 3 rings (SSSR count). The number of nitrogens with zero attached hydrogens (tertiary/aromatic N) is 1. The molecular formula is C25H26N2O4. The van der Waals surface area contributed by atoms with Crippen LogP contribution in [0.4, 0.5) is 11.4 Å². The van der Waals surface area contributed by atoms with Crippen LogP contribution >= 0.6 is 0 Å². The van der Waals surface area contributed by atoms with E-state index in [1.165, 1.54) is 17.7 Å². The first-order valence-electron chi connectivity index (χ1n) is 9.97. The molecular weight excluding hydrogens is 392 g/mol. The summed E-state index contributed by atoms with van der Waals surface area (Å²) in [6.07, 6.45) is 2.45. The van der Waals surface area contributed by atoms with Gasteiger partial charge in [-0.3, -0.25) is 10.1 Å². The number of hydrogen-bond acceptors (Lipinski definition) is 5. The van der Waals surface area contributed by atoms with Crippen LogP contribution < -0.4 is 14.8 Å². The molecule has 0 saturated carbocycles. The highest BCUT2D eigenvalue weighted by molar-refractivity contribution is 5.52. The van der Waals surface area contributed by atoms with Crippen LogP contribution in [0.5, 0.6) is 11.5 Å². The molecule has 0 fully saturated rings. The molecule has 0 unspecified atom stereocenters. The molecule has 3 aromatic carbocycles. The molecule has 31 heavy (non-hydrogen) atoms. The smallest absolute Gasteiger partial charge is 0.269 e. The minimum Gasteiger partial charge on any atom is -0.493 e. The summed E-state index contributed by atoms with van der Waals surface area (Å²) < 4.78 is 11.7. The van der Waals surface area contributed by atoms with Gasteiger partial charge in [0.2, 0.25) is 0 Å². The number of aryl methyl sites for hydroxylation is 1. The molecule has 160 valence electrons. The SMILES string of the molecule is C=CCc1cc(CNc2cccc(C)c2)cc(OC)c1OCc1ccc([N+](=O)[O-])cc1. The van der Waals surface area contributed by atoms with Gasteiger partial charge in [0.15, 0.2) is 11.5 Å². The van der Waals surface area contributed by atoms with Gasteiger partial charge in [-0.25, -0.2) is 0 Å². The van der Waals surface area contributed by atoms with Crippen molar-refractivity contribution in [2.24, 2.45) is 0 Å². The quantitative estimate of drug-likeness (QED) is 0.255. The minimum atomic E-state index is -0.417. The maximum absolute atomic E-state index is 10.8. The van der Waals surface area contributed by atoms with Gasteiger partial charge >= 0.3 is 0 Å². The van der Waals surface area contributed by atoms with Crippen LogP contribution in [0.1, 0.15) is 22.3 Å². The monoisotopic (exact) mass is 418 g/mol. The Morgan fingerprint density at radius 2 is 1.87 bits per heavy atom. The fourth-order valence-electron chi connectivity index (χ4n) is 3.28. The zero-order valence-electron chi connectivity index (χ0n) is 17.8. The molecule has 0 aliphatic heterocycles. The molecule has 6 nitrogen and oxygen atoms in total. The van der Waals surface area contributed by atoms with Crippen molar-refractivity contribution >= 4 is 11.4 Å². The third-order valence-corrected chi connectivity index (χ3v) is 4.82. The topological polar surface area (TPSA) is 73.6 Å². The van der Waals surface area contributed by atoms with E-state index in [1.54, 1.807) is 19.2 Å². The zero-order chi connectivity index (χ0) is 22.2. The predicted molar refractivity (Wildman–Crippen MR) is 123 cm³/mol. The van der Waals surface area contributed by atoms with E-state index in [0.717, 1.165) is 22.4 Å². The Hall–Kier alpha value is -3.80. The van der Waals surface area contributed by atoms with Crippen molar-refractivity contribution in [1.29, 1.82) is 0 Å². The summed E-state index contributed by atoms with van der Waals surface area (Å²) in [6.45, 7) is 6.84. The zero-order valence-corrected chi connectivity index (χ0v) is 17.8. The van der Waals surface area contributed by atoms with E-state index in [-0.39, 0.29) is 12.3 Å². The van der Waals surface area contributed by atoms with Crippen molar-refractivity contribution in [1.82, 2.24) is 0 Å². The Bertz CT molecular complexity index is 1060. The number of nitro groups is 1. The van der Waals surface area contributed by atoms with Crippen molar-refractivity contribution in [3.63, 3.8) is 0 Å². The van der Waals surface area contributed by atoms with Crippen LogP contribution in [0, 0.1) is 17.0 Å². The van der Waals surface area contributed by atoms with Crippen molar-refractivity contribution < 1.29 is 14.4 Å². The van der Waals surface area contributed by atoms with Gasteiger partial charge in [-0.1, -0.05) is 18.2 Å². The average molecular weight is 418 g/mol. The van der Waals surface area contributed by atoms with Crippen LogP contribution in [0.15, 0.2) is 73.3 Å². The Morgan fingerprint density at radius 1 is 1.10 bits per heavy atom. The van der Waals surface area contributed by atoms with Crippen molar-refractivity contribution in [3.8, 4) is 11.5 Å². The molecule has 0 aromatic heterocycles. The summed E-state index contributed by atoms with van der Waals surface area (Å²) in [5.41, 5.74) is 5.18. The fraction of sp³-hybridized carbons (Fsp3) is 0.200. The second-order valence-electron chi connectivity index (χ2n) is 7.21. The van der Waals surface area contributed by atoms with E-state index >= 15 is 0 Å². The number of benzene rings is 3. The van der Waals surface area contributed by atoms with Crippen molar-refractivity contribution in [2.45, 2.75) is 26.5 Å². The Kier molecular flexibility index (Phi) is 7.27. The molecule has 0 heterocycles. The third-order valence-electron chi connectivity index (χ3n) is 4.82. The van der Waals surface area contributed by atoms with Crippen LogP contribution in [0.2, 0.25) is 0 Å². The number of rotatable bonds is 10. The number of nitrogens with one attached hydrogen (secondary N) is 1. The first kappa shape index (κ1) is 21.9. The summed E-state index contributed by atoms with van der Waals surface area (Å²) in [7, 11) is 1.61. The van der Waals surface area contributed by atoms with Crippen molar-refractivity contribution in [2.75, 3.05) is 12.4 Å². The number of ether oxygens (including phenoxy) is 2. The van der Waals surface area contributed by atoms with Crippen LogP contribution in [0.3, 0.4) is 0 Å². The summed E-state index contributed by atoms with van der Waals surface area (Å²) in [4.78, 5) is 10.4. The summed E-state index contributed by atoms with van der Waals surface area (Å²) in [5, 5.41) is 14.3. The normalized spacial score (nSPS) is 10.4. The number of non-ortho nitro benzene ring substituents is 1. The minimum absolute atomic E-state index is 0.0548. The summed E-state index contributed by atoms with van der Waals surface area (Å²) in [5.74, 6) is 1.29. The second kappa shape index (κ2) is 10.3. The average Bonchev–Trinajstić information content (AvgIpc) is 2.77. The van der Waals surface area contributed by atoms with Gasteiger partial charge in [-0.2, -0.15) is 0 Å². The summed E-state index contributed by atoms with van der Waals surface area (Å²) in [6, 6.07) is 18.6. The lowest BCUT2D eigenvalue weighted by Crippen LogP contribution is -2.05. The molecule has 1 N–H and O–H groups in total. The molecule has 6 heteroatoms. The van der Waals surface area contributed by atoms with Crippen LogP contribution in [-0.4, -0.2) is 12.0 Å². The molecule has 0 aliphatic carbocycles. The van der Waals surface area contributed by atoms with Gasteiger partial charge in [0, 0.05) is 29.9 Å². The van der Waals surface area contributed by atoms with Gasteiger partial charge in [0.25, 0.3) is 5.69 Å². The van der Waals surface area contributed by atoms with E-state index in [1.807, 2.05) is 24.3 Å². The molecule has 0 amide bonds. The highest BCUT2D eigenvalue weighted by Gasteiger charge is 2.14. The van der Waals surface area contributed by atoms with E-state index in [4.69, 9.17) is 9.47 Å². The van der Waals surface area contributed by atoms with E-state index in [9.17, 15) is 10.1 Å². The first-order valence-corrected chi connectivity index (χ1v) is 9.97. The van der Waals surface area contributed by atoms with Crippen molar-refractivity contribution in [3.05, 3.63) is 106 Å². The molecule has 0 radical (unpaired) electrons. The molecule has 0 saturated heterocycles. The number of anilines is 1. The van der Waals surface area contributed by atoms with Gasteiger partial charge in [0.05, 0.1) is 12.0 Å². The third kappa shape index (κ3) is 5.85. The fourth-order valence-corrected chi connectivity index (χ4v) is 3.28. The highest BCUT2D eigenvalue weighted by atomic mass is 16.6. The van der Waals surface area contributed by atoms with E-state index < -0.39 is 4.92 Å². The standard InChI is InChI=1S/C25H26N2O4/c1-4-6-21-14-20(16-26-22-8-5-7-18(2)13-22)15-24(30-3)25(21)31-17-19-9-11-23(12-10-19)27(28)29/h4-5,7-15,26H,1,6,16-17H2,2-3H3. The van der Waals surface area contributed by atoms with Gasteiger partial charge in [-0.15, -0.1) is 6.58 Å². The number of nitro benzene ring substituents is 1. The lowest BCUT2D eigenvalue weighted by molar-refractivity contribution is -0.384. The lowest BCUT2D eigenvalue weighted by Gasteiger charge is -2.17. The number of allylic oxidation sites excluding steroid dienone is 1. The summed E-state index contributed by atoms with van der Waals surface area (Å²) >= 11 is 0. The van der Waals surface area contributed by atoms with E-state index in [0.29, 0.717) is 24.5 Å². The van der Waals surface area contributed by atoms with Gasteiger partial charge in [-0.05, 0) is 66.4 Å². The Balaban J connectivity index is 1.78. The lowest BCUT2D eigenvalue weighted by atomic mass is 10.0. The van der Waals surface area contributed by atoms with Gasteiger partial charge in [0.1, 0.15) is 6.61 Å². The van der Waals surface area contributed by atoms with Crippen LogP contribution in [0.25, 0.3) is 0 Å². The van der Waals surface area contributed by atoms with Crippen LogP contribution in [-0.2, 0) is 19.6 Å². The predicted octanol–water partition coefficient (Wildman–Crippen LogP) is 5.83. The number of methoxy groups -OCH3 is 1. The molecule has 3 aromatic rings. The van der Waals surface area contributed by atoms with Gasteiger partial charge < -0.3 is 14.8 Å². The maximum Gasteiger partial charge on any atom is 0.269 e. The molecule has 0 bridgehead atoms. The molecule has 0 spiro atoms. The molecule has 0 aliphatic rings. The Morgan fingerprint density at radius 3 is 2.52 bits per heavy atom. The first-order chi connectivity index (χ1) is 15.0.